The average molecular weight is 976 g/mol. The minimum Gasteiger partial charge on any atom is -0.480 e. The smallest absolute Gasteiger partial charge is 0.323 e. The number of anilines is 1. The number of aliphatic hydroxyl groups excluding tert-OH is 3. The Bertz CT molecular complexity index is 1960. The second kappa shape index (κ2) is 24.4. The topological polar surface area (TPSA) is 324 Å². The first-order valence-electron chi connectivity index (χ1n) is 24.1. The number of benzene rings is 1. The molecular formula is C48H73N5O16. The van der Waals surface area contributed by atoms with Crippen molar-refractivity contribution < 1.29 is 79.2 Å². The molecule has 4 saturated carbocycles. The summed E-state index contributed by atoms with van der Waals surface area (Å²) in [6, 6.07) is 4.99. The number of amides is 2. The van der Waals surface area contributed by atoms with Gasteiger partial charge >= 0.3 is 29.8 Å². The molecule has 4 aliphatic rings. The van der Waals surface area contributed by atoms with E-state index in [-0.39, 0.29) is 104 Å². The number of nitrogens with one attached hydrogen (secondary N) is 2. The molecule has 1 unspecified atom stereocenters. The fraction of sp³-hybridized carbons (Fsp3) is 0.729. The Morgan fingerprint density at radius 3 is 1.97 bits per heavy atom. The third-order valence-electron chi connectivity index (χ3n) is 16.2. The van der Waals surface area contributed by atoms with Gasteiger partial charge in [0.2, 0.25) is 11.8 Å². The zero-order valence-corrected chi connectivity index (χ0v) is 39.9. The van der Waals surface area contributed by atoms with Crippen molar-refractivity contribution in [1.29, 1.82) is 0 Å². The van der Waals surface area contributed by atoms with Gasteiger partial charge in [-0.05, 0) is 115 Å². The van der Waals surface area contributed by atoms with Crippen LogP contribution in [0.1, 0.15) is 84.1 Å². The number of carboxylic acids is 5. The highest BCUT2D eigenvalue weighted by atomic mass is 16.5. The predicted octanol–water partition coefficient (Wildman–Crippen LogP) is 1.33. The normalized spacial score (nSPS) is 29.3. The van der Waals surface area contributed by atoms with E-state index in [1.807, 2.05) is 0 Å². The molecule has 10 N–H and O–H groups in total. The zero-order chi connectivity index (χ0) is 50.8. The minimum absolute atomic E-state index is 0.0124. The minimum atomic E-state index is -1.46. The van der Waals surface area contributed by atoms with E-state index < -0.39 is 86.8 Å². The Morgan fingerprint density at radius 2 is 1.35 bits per heavy atom. The van der Waals surface area contributed by atoms with Gasteiger partial charge in [0.25, 0.3) is 0 Å². The number of hydrogen-bond donors (Lipinski definition) is 10. The standard InChI is InChI=1S/C48H73N5O16/c1-28(33-9-10-34-45-35(20-38(56)48(33,34)3)47(2)13-12-32(54)18-30(47)19-37(45)55)4-11-39(57)49-21-40(58)50-31-7-5-29(6-8-31)26-69-27-36(46(67)68)53(25-44(65)66)17-16-51(22-41(59)60)14-15-52(23-42(61)62)24-43(63)64/h5-8,28,30,32-38,45,54-56H,4,9-27H2,1-3H3,(H,49,57)(H,50,58)(H,59,60)(H,61,62)(H,63,64)(H,65,66)(H,67,68)/t28-,30+,32-,33-,34+,35+,36?,37-,38+,45+,47+,48-/m1/s1. The highest BCUT2D eigenvalue weighted by Gasteiger charge is 2.65. The number of ether oxygens (including phenoxy) is 1. The molecule has 0 aliphatic heterocycles. The van der Waals surface area contributed by atoms with Crippen LogP contribution in [0.3, 0.4) is 0 Å². The summed E-state index contributed by atoms with van der Waals surface area (Å²) in [5.74, 6) is -6.31. The summed E-state index contributed by atoms with van der Waals surface area (Å²) >= 11 is 0. The van der Waals surface area contributed by atoms with Crippen LogP contribution in [0.2, 0.25) is 0 Å². The van der Waals surface area contributed by atoms with Crippen LogP contribution < -0.4 is 10.6 Å². The van der Waals surface area contributed by atoms with Crippen LogP contribution in [0, 0.1) is 46.3 Å². The average Bonchev–Trinajstić information content (AvgIpc) is 3.63. The molecule has 12 atom stereocenters. The quantitative estimate of drug-likeness (QED) is 0.0595. The van der Waals surface area contributed by atoms with Gasteiger partial charge in [-0.25, -0.2) is 0 Å². The van der Waals surface area contributed by atoms with Crippen LogP contribution in [0.4, 0.5) is 5.69 Å². The molecule has 0 spiro atoms. The lowest BCUT2D eigenvalue weighted by Crippen LogP contribution is -2.62. The molecule has 1 aromatic rings. The number of carbonyl (C=O) groups excluding carboxylic acids is 2. The maximum Gasteiger partial charge on any atom is 0.323 e. The lowest BCUT2D eigenvalue weighted by molar-refractivity contribution is -0.207. The van der Waals surface area contributed by atoms with Crippen molar-refractivity contribution in [3.05, 3.63) is 29.8 Å². The second-order valence-corrected chi connectivity index (χ2v) is 20.5. The van der Waals surface area contributed by atoms with E-state index in [9.17, 15) is 64.2 Å². The maximum absolute atomic E-state index is 13.0. The van der Waals surface area contributed by atoms with Gasteiger partial charge in [0.15, 0.2) is 0 Å². The van der Waals surface area contributed by atoms with Crippen molar-refractivity contribution in [1.82, 2.24) is 20.0 Å². The predicted molar refractivity (Wildman–Crippen MR) is 247 cm³/mol. The first-order valence-corrected chi connectivity index (χ1v) is 24.1. The van der Waals surface area contributed by atoms with Crippen molar-refractivity contribution in [3.63, 3.8) is 0 Å². The highest BCUT2D eigenvalue weighted by Crippen LogP contribution is 2.68. The number of carboxylic acid groups (broad SMARTS) is 5. The number of nitrogens with zero attached hydrogens (tertiary/aromatic N) is 3. The molecule has 5 rings (SSSR count). The summed E-state index contributed by atoms with van der Waals surface area (Å²) in [5.41, 5.74) is 0.618. The summed E-state index contributed by atoms with van der Waals surface area (Å²) in [6.07, 6.45) is 5.00. The second-order valence-electron chi connectivity index (χ2n) is 20.5. The summed E-state index contributed by atoms with van der Waals surface area (Å²) < 4.78 is 5.67. The maximum atomic E-state index is 13.0. The number of fused-ring (bicyclic) bond motifs is 5. The Morgan fingerprint density at radius 1 is 0.739 bits per heavy atom. The van der Waals surface area contributed by atoms with E-state index in [2.05, 4.69) is 31.4 Å². The first kappa shape index (κ1) is 55.2. The summed E-state index contributed by atoms with van der Waals surface area (Å²) in [7, 11) is 0. The van der Waals surface area contributed by atoms with Gasteiger partial charge in [-0.2, -0.15) is 0 Å². The highest BCUT2D eigenvalue weighted by molar-refractivity contribution is 5.94. The number of rotatable bonds is 27. The largest absolute Gasteiger partial charge is 0.480 e. The molecule has 0 aromatic heterocycles. The van der Waals surface area contributed by atoms with Crippen LogP contribution >= 0.6 is 0 Å². The molecule has 69 heavy (non-hydrogen) atoms. The van der Waals surface area contributed by atoms with Gasteiger partial charge in [0.05, 0.1) is 64.2 Å². The number of aliphatic hydroxyl groups is 3. The van der Waals surface area contributed by atoms with Crippen molar-refractivity contribution in [2.24, 2.45) is 46.3 Å². The SMILES string of the molecule is C[C@H](CCC(=O)NCC(=O)Nc1ccc(COCC(C(=O)O)N(CCN(CCN(CC(=O)O)CC(=O)O)CC(=O)O)CC(=O)O)cc1)[C@H]1CC[C@H]2[C@@H]3[C@H](O)C[C@@H]4C[C@H](O)CC[C@]4(C)[C@H]3C[C@H](O)[C@]12C. The van der Waals surface area contributed by atoms with Gasteiger partial charge < -0.3 is 56.2 Å². The summed E-state index contributed by atoms with van der Waals surface area (Å²) in [6.45, 7) is 2.65. The molecule has 4 aliphatic carbocycles. The Balaban J connectivity index is 1.05. The molecule has 0 bridgehead atoms. The summed E-state index contributed by atoms with van der Waals surface area (Å²) in [5, 5.41) is 86.5. The molecule has 1 aromatic carbocycles. The van der Waals surface area contributed by atoms with Crippen LogP contribution in [-0.2, 0) is 44.9 Å². The third-order valence-corrected chi connectivity index (χ3v) is 16.2. The molecule has 0 radical (unpaired) electrons. The van der Waals surface area contributed by atoms with Gasteiger partial charge in [0.1, 0.15) is 6.04 Å². The van der Waals surface area contributed by atoms with Crippen molar-refractivity contribution in [2.75, 3.05) is 70.8 Å². The van der Waals surface area contributed by atoms with Gasteiger partial charge in [0, 0.05) is 38.3 Å². The zero-order valence-electron chi connectivity index (χ0n) is 39.9. The summed E-state index contributed by atoms with van der Waals surface area (Å²) in [4.78, 5) is 87.2. The number of aliphatic carboxylic acids is 5. The third kappa shape index (κ3) is 14.4. The lowest BCUT2D eigenvalue weighted by Gasteiger charge is -2.63. The number of hydrogen-bond acceptors (Lipinski definition) is 14. The van der Waals surface area contributed by atoms with Gasteiger partial charge in [-0.3, -0.25) is 48.3 Å². The number of carbonyl (C=O) groups is 7. The molecule has 2 amide bonds. The molecule has 21 nitrogen and oxygen atoms in total. The van der Waals surface area contributed by atoms with Crippen LogP contribution in [-0.4, -0.2) is 187 Å². The van der Waals surface area contributed by atoms with Crippen LogP contribution in [0.5, 0.6) is 0 Å². The van der Waals surface area contributed by atoms with Crippen LogP contribution in [0.15, 0.2) is 24.3 Å². The molecule has 386 valence electrons. The fourth-order valence-corrected chi connectivity index (χ4v) is 12.6. The monoisotopic (exact) mass is 976 g/mol. The van der Waals surface area contributed by atoms with E-state index in [4.69, 9.17) is 14.9 Å². The van der Waals surface area contributed by atoms with Crippen molar-refractivity contribution in [2.45, 2.75) is 110 Å². The van der Waals surface area contributed by atoms with Crippen molar-refractivity contribution in [3.8, 4) is 0 Å². The van der Waals surface area contributed by atoms with Gasteiger partial charge in [-0.15, -0.1) is 0 Å². The molecule has 4 fully saturated rings. The van der Waals surface area contributed by atoms with E-state index in [0.717, 1.165) is 35.5 Å². The lowest BCUT2D eigenvalue weighted by atomic mass is 9.43. The van der Waals surface area contributed by atoms with Crippen molar-refractivity contribution >= 4 is 47.3 Å². The molecular weight excluding hydrogens is 903 g/mol. The first-order chi connectivity index (χ1) is 32.5. The van der Waals surface area contributed by atoms with Gasteiger partial charge in [-0.1, -0.05) is 32.9 Å². The van der Waals surface area contributed by atoms with E-state index in [0.29, 0.717) is 36.9 Å². The molecule has 21 heteroatoms. The fourth-order valence-electron chi connectivity index (χ4n) is 12.6. The Hall–Kier alpha value is -4.77. The van der Waals surface area contributed by atoms with E-state index >= 15 is 0 Å². The molecule has 0 heterocycles. The van der Waals surface area contributed by atoms with Crippen LogP contribution in [0.25, 0.3) is 0 Å². The Labute approximate surface area is 402 Å². The molecule has 0 saturated heterocycles. The van der Waals surface area contributed by atoms with E-state index in [1.165, 1.54) is 4.90 Å². The Kier molecular flexibility index (Phi) is 19.5. The van der Waals surface area contributed by atoms with E-state index in [1.54, 1.807) is 24.3 Å².